The molecule has 1 heterocycles. The maximum atomic E-state index is 6.33. The van der Waals surface area contributed by atoms with Crippen LogP contribution in [0.15, 0.2) is 30.3 Å². The Balaban J connectivity index is 2.10. The lowest BCUT2D eigenvalue weighted by molar-refractivity contribution is 0.584. The summed E-state index contributed by atoms with van der Waals surface area (Å²) < 4.78 is 1.01. The molecular formula is C16H16ClIN2. The van der Waals surface area contributed by atoms with Gasteiger partial charge >= 0.3 is 0 Å². The highest BCUT2D eigenvalue weighted by atomic mass is 127. The van der Waals surface area contributed by atoms with E-state index < -0.39 is 0 Å². The van der Waals surface area contributed by atoms with Crippen LogP contribution in [-0.2, 0) is 5.41 Å². The van der Waals surface area contributed by atoms with Crippen molar-refractivity contribution < 1.29 is 0 Å². The molecule has 2 nitrogen and oxygen atoms in total. The summed E-state index contributed by atoms with van der Waals surface area (Å²) in [7, 11) is 0. The van der Waals surface area contributed by atoms with Gasteiger partial charge in [-0.05, 0) is 54.8 Å². The summed E-state index contributed by atoms with van der Waals surface area (Å²) in [6.07, 6.45) is 2.43. The molecule has 1 aliphatic rings. The van der Waals surface area contributed by atoms with E-state index in [1.807, 2.05) is 18.2 Å². The van der Waals surface area contributed by atoms with E-state index in [9.17, 15) is 0 Å². The molecule has 4 heteroatoms. The smallest absolute Gasteiger partial charge is 0.146 e. The van der Waals surface area contributed by atoms with Crippen LogP contribution in [0.4, 0.5) is 0 Å². The molecule has 2 aromatic rings. The fraction of sp³-hybridized carbons (Fsp3) is 0.375. The van der Waals surface area contributed by atoms with Crippen molar-refractivity contribution in [1.29, 1.82) is 0 Å². The highest BCUT2D eigenvalue weighted by Crippen LogP contribution is 2.43. The first-order chi connectivity index (χ1) is 9.50. The molecule has 0 radical (unpaired) electrons. The van der Waals surface area contributed by atoms with E-state index in [0.717, 1.165) is 15.1 Å². The molecule has 104 valence electrons. The maximum absolute atomic E-state index is 6.33. The van der Waals surface area contributed by atoms with Crippen molar-refractivity contribution in [3.63, 3.8) is 0 Å². The van der Waals surface area contributed by atoms with Gasteiger partial charge in [0.2, 0.25) is 0 Å². The highest BCUT2D eigenvalue weighted by molar-refractivity contribution is 14.1. The van der Waals surface area contributed by atoms with Crippen molar-refractivity contribution >= 4 is 34.2 Å². The van der Waals surface area contributed by atoms with Crippen LogP contribution in [0.25, 0.3) is 0 Å². The fourth-order valence-corrected chi connectivity index (χ4v) is 3.19. The third kappa shape index (κ3) is 2.58. The predicted octanol–water partition coefficient (Wildman–Crippen LogP) is 4.94. The van der Waals surface area contributed by atoms with Crippen LogP contribution in [0, 0.1) is 3.57 Å². The number of aromatic nitrogens is 2. The van der Waals surface area contributed by atoms with E-state index in [2.05, 4.69) is 53.6 Å². The molecule has 3 rings (SSSR count). The Hall–Kier alpha value is -0.680. The van der Waals surface area contributed by atoms with Crippen LogP contribution < -0.4 is 0 Å². The van der Waals surface area contributed by atoms with Crippen LogP contribution in [0.1, 0.15) is 49.7 Å². The standard InChI is InChI=1S/C16H16ClIN2/c1-16(2,11-6-4-3-5-7-11)15-19-13(10-8-9-10)12(18)14(17)20-15/h3-7,10H,8-9H2,1-2H3. The summed E-state index contributed by atoms with van der Waals surface area (Å²) in [5, 5.41) is 0.585. The van der Waals surface area contributed by atoms with Crippen LogP contribution >= 0.6 is 34.2 Å². The quantitative estimate of drug-likeness (QED) is 0.541. The fourth-order valence-electron chi connectivity index (χ4n) is 2.33. The lowest BCUT2D eigenvalue weighted by Crippen LogP contribution is -2.23. The molecule has 1 aromatic carbocycles. The largest absolute Gasteiger partial charge is 0.235 e. The first-order valence-corrected chi connectivity index (χ1v) is 8.24. The van der Waals surface area contributed by atoms with E-state index >= 15 is 0 Å². The van der Waals surface area contributed by atoms with E-state index in [1.54, 1.807) is 0 Å². The van der Waals surface area contributed by atoms with Crippen LogP contribution in [-0.4, -0.2) is 9.97 Å². The van der Waals surface area contributed by atoms with Crippen molar-refractivity contribution in [2.45, 2.75) is 38.0 Å². The summed E-state index contributed by atoms with van der Waals surface area (Å²) in [5.74, 6) is 1.39. The van der Waals surface area contributed by atoms with E-state index in [0.29, 0.717) is 11.1 Å². The molecule has 0 N–H and O–H groups in total. The highest BCUT2D eigenvalue weighted by Gasteiger charge is 2.33. The normalized spacial score (nSPS) is 15.4. The number of halogens is 2. The number of benzene rings is 1. The third-order valence-electron chi connectivity index (χ3n) is 3.85. The maximum Gasteiger partial charge on any atom is 0.146 e. The second-order valence-electron chi connectivity index (χ2n) is 5.80. The van der Waals surface area contributed by atoms with Gasteiger partial charge in [-0.25, -0.2) is 9.97 Å². The Kier molecular flexibility index (Phi) is 3.75. The molecule has 1 aliphatic carbocycles. The molecular weight excluding hydrogens is 383 g/mol. The molecule has 0 bridgehead atoms. The zero-order valence-electron chi connectivity index (χ0n) is 11.5. The van der Waals surface area contributed by atoms with Crippen molar-refractivity contribution in [2.75, 3.05) is 0 Å². The molecule has 0 saturated heterocycles. The average Bonchev–Trinajstić information content (AvgIpc) is 3.27. The molecule has 20 heavy (non-hydrogen) atoms. The Morgan fingerprint density at radius 1 is 1.15 bits per heavy atom. The van der Waals surface area contributed by atoms with Crippen molar-refractivity contribution in [3.05, 3.63) is 56.1 Å². The van der Waals surface area contributed by atoms with E-state index in [4.69, 9.17) is 16.6 Å². The molecule has 0 spiro atoms. The Morgan fingerprint density at radius 2 is 1.80 bits per heavy atom. The summed E-state index contributed by atoms with van der Waals surface area (Å²) >= 11 is 8.59. The second-order valence-corrected chi connectivity index (χ2v) is 7.24. The van der Waals surface area contributed by atoms with Crippen molar-refractivity contribution in [1.82, 2.24) is 9.97 Å². The monoisotopic (exact) mass is 398 g/mol. The lowest BCUT2D eigenvalue weighted by Gasteiger charge is -2.24. The second kappa shape index (κ2) is 5.26. The summed E-state index contributed by atoms with van der Waals surface area (Å²) in [4.78, 5) is 9.38. The van der Waals surface area contributed by atoms with Gasteiger partial charge in [0.15, 0.2) is 0 Å². The summed E-state index contributed by atoms with van der Waals surface area (Å²) in [6, 6.07) is 10.4. The lowest BCUT2D eigenvalue weighted by atomic mass is 9.83. The van der Waals surface area contributed by atoms with Gasteiger partial charge in [0.1, 0.15) is 11.0 Å². The summed E-state index contributed by atoms with van der Waals surface area (Å²) in [5.41, 5.74) is 2.10. The average molecular weight is 399 g/mol. The minimum Gasteiger partial charge on any atom is -0.235 e. The molecule has 1 fully saturated rings. The van der Waals surface area contributed by atoms with Gasteiger partial charge in [-0.1, -0.05) is 41.9 Å². The predicted molar refractivity (Wildman–Crippen MR) is 90.3 cm³/mol. The topological polar surface area (TPSA) is 25.8 Å². The third-order valence-corrected chi connectivity index (χ3v) is 5.51. The molecule has 1 saturated carbocycles. The summed E-state index contributed by atoms with van der Waals surface area (Å²) in [6.45, 7) is 4.30. The zero-order chi connectivity index (χ0) is 14.3. The van der Waals surface area contributed by atoms with Gasteiger partial charge in [0.05, 0.1) is 9.26 Å². The van der Waals surface area contributed by atoms with Crippen molar-refractivity contribution in [3.8, 4) is 0 Å². The number of hydrogen-bond acceptors (Lipinski definition) is 2. The van der Waals surface area contributed by atoms with Crippen LogP contribution in [0.5, 0.6) is 0 Å². The van der Waals surface area contributed by atoms with Gasteiger partial charge in [0, 0.05) is 11.3 Å². The number of rotatable bonds is 3. The zero-order valence-corrected chi connectivity index (χ0v) is 14.4. The number of nitrogens with zero attached hydrogens (tertiary/aromatic N) is 2. The Labute approximate surface area is 138 Å². The molecule has 0 unspecified atom stereocenters. The Bertz CT molecular complexity index is 636. The van der Waals surface area contributed by atoms with Gasteiger partial charge in [-0.15, -0.1) is 0 Å². The van der Waals surface area contributed by atoms with Gasteiger partial charge in [-0.2, -0.15) is 0 Å². The molecule has 0 atom stereocenters. The van der Waals surface area contributed by atoms with E-state index in [1.165, 1.54) is 18.4 Å². The molecule has 0 amide bonds. The van der Waals surface area contributed by atoms with Crippen LogP contribution in [0.2, 0.25) is 5.15 Å². The first-order valence-electron chi connectivity index (χ1n) is 6.79. The van der Waals surface area contributed by atoms with Crippen LogP contribution in [0.3, 0.4) is 0 Å². The SMILES string of the molecule is CC(C)(c1ccccc1)c1nc(Cl)c(I)c(C2CC2)n1. The minimum absolute atomic E-state index is 0.237. The van der Waals surface area contributed by atoms with Gasteiger partial charge in [0.25, 0.3) is 0 Å². The first kappa shape index (κ1) is 14.3. The van der Waals surface area contributed by atoms with E-state index in [-0.39, 0.29) is 5.41 Å². The van der Waals surface area contributed by atoms with Gasteiger partial charge < -0.3 is 0 Å². The minimum atomic E-state index is -0.237. The molecule has 0 aliphatic heterocycles. The van der Waals surface area contributed by atoms with Crippen molar-refractivity contribution in [2.24, 2.45) is 0 Å². The van der Waals surface area contributed by atoms with Gasteiger partial charge in [-0.3, -0.25) is 0 Å². The molecule has 1 aromatic heterocycles. The number of hydrogen-bond donors (Lipinski definition) is 0. The Morgan fingerprint density at radius 3 is 2.40 bits per heavy atom.